The quantitative estimate of drug-likeness (QED) is 0.467. The van der Waals surface area contributed by atoms with Crippen LogP contribution in [0.4, 0.5) is 0 Å². The standard InChI is InChI=1S/C17H25NS2/c1-3-9-17(12-19,10-4-2)13-20-16-11-14-7-5-6-8-15(14)18-16/h5-8,11,18-19H,3-4,9-10,12-13H2,1-2H3. The van der Waals surface area contributed by atoms with Gasteiger partial charge in [0.05, 0.1) is 5.03 Å². The fourth-order valence-electron chi connectivity index (χ4n) is 2.89. The maximum Gasteiger partial charge on any atom is 0.0732 e. The molecule has 0 atom stereocenters. The number of aromatic nitrogens is 1. The van der Waals surface area contributed by atoms with Gasteiger partial charge in [-0.25, -0.2) is 0 Å². The van der Waals surface area contributed by atoms with E-state index in [0.29, 0.717) is 5.41 Å². The zero-order chi connectivity index (χ0) is 14.4. The Balaban J connectivity index is 2.07. The van der Waals surface area contributed by atoms with E-state index in [9.17, 15) is 0 Å². The van der Waals surface area contributed by atoms with Gasteiger partial charge in [-0.1, -0.05) is 44.9 Å². The van der Waals surface area contributed by atoms with Crippen molar-refractivity contribution in [3.05, 3.63) is 30.3 Å². The molecule has 2 rings (SSSR count). The molecule has 1 nitrogen and oxygen atoms in total. The number of rotatable bonds is 8. The van der Waals surface area contributed by atoms with Crippen molar-refractivity contribution in [3.8, 4) is 0 Å². The van der Waals surface area contributed by atoms with Crippen LogP contribution >= 0.6 is 24.4 Å². The maximum atomic E-state index is 4.64. The van der Waals surface area contributed by atoms with E-state index in [0.717, 1.165) is 11.5 Å². The first-order chi connectivity index (χ1) is 9.73. The molecule has 2 aromatic rings. The summed E-state index contributed by atoms with van der Waals surface area (Å²) >= 11 is 6.60. The molecule has 1 aromatic carbocycles. The molecule has 1 aromatic heterocycles. The SMILES string of the molecule is CCCC(CS)(CCC)CSc1cc2ccccc2[nH]1. The summed E-state index contributed by atoms with van der Waals surface area (Å²) < 4.78 is 0. The molecule has 0 radical (unpaired) electrons. The molecule has 20 heavy (non-hydrogen) atoms. The second-order valence-electron chi connectivity index (χ2n) is 5.67. The number of fused-ring (bicyclic) bond motifs is 1. The third kappa shape index (κ3) is 3.76. The first-order valence-corrected chi connectivity index (χ1v) is 9.16. The molecule has 0 bridgehead atoms. The normalized spacial score (nSPS) is 12.2. The number of hydrogen-bond acceptors (Lipinski definition) is 2. The summed E-state index contributed by atoms with van der Waals surface area (Å²) in [6.07, 6.45) is 5.04. The van der Waals surface area contributed by atoms with E-state index in [2.05, 4.69) is 61.8 Å². The highest BCUT2D eigenvalue weighted by Crippen LogP contribution is 2.37. The van der Waals surface area contributed by atoms with Gasteiger partial charge in [0.2, 0.25) is 0 Å². The summed E-state index contributed by atoms with van der Waals surface area (Å²) in [5.74, 6) is 2.15. The van der Waals surface area contributed by atoms with Gasteiger partial charge >= 0.3 is 0 Å². The van der Waals surface area contributed by atoms with E-state index in [1.165, 1.54) is 41.6 Å². The highest BCUT2D eigenvalue weighted by atomic mass is 32.2. The number of aromatic amines is 1. The van der Waals surface area contributed by atoms with Crippen molar-refractivity contribution in [2.75, 3.05) is 11.5 Å². The molecular weight excluding hydrogens is 282 g/mol. The lowest BCUT2D eigenvalue weighted by atomic mass is 9.83. The van der Waals surface area contributed by atoms with Crippen molar-refractivity contribution in [1.82, 2.24) is 4.98 Å². The average molecular weight is 308 g/mol. The van der Waals surface area contributed by atoms with Crippen LogP contribution in [0, 0.1) is 5.41 Å². The summed E-state index contributed by atoms with van der Waals surface area (Å²) in [6, 6.07) is 10.8. The van der Waals surface area contributed by atoms with Gasteiger partial charge in [-0.15, -0.1) is 11.8 Å². The lowest BCUT2D eigenvalue weighted by molar-refractivity contribution is 0.318. The zero-order valence-corrected chi connectivity index (χ0v) is 14.2. The number of para-hydroxylation sites is 1. The van der Waals surface area contributed by atoms with Gasteiger partial charge in [-0.3, -0.25) is 0 Å². The monoisotopic (exact) mass is 307 g/mol. The van der Waals surface area contributed by atoms with Crippen molar-refractivity contribution >= 4 is 35.3 Å². The zero-order valence-electron chi connectivity index (χ0n) is 12.5. The Bertz CT molecular complexity index is 494. The summed E-state index contributed by atoms with van der Waals surface area (Å²) in [7, 11) is 0. The molecule has 0 saturated heterocycles. The van der Waals surface area contributed by atoms with Crippen molar-refractivity contribution < 1.29 is 0 Å². The Morgan fingerprint density at radius 2 is 1.85 bits per heavy atom. The van der Waals surface area contributed by atoms with Crippen molar-refractivity contribution in [2.45, 2.75) is 44.6 Å². The summed E-state index contributed by atoms with van der Waals surface area (Å²) in [6.45, 7) is 4.56. The van der Waals surface area contributed by atoms with Gasteiger partial charge in [-0.2, -0.15) is 12.6 Å². The van der Waals surface area contributed by atoms with Crippen molar-refractivity contribution in [2.24, 2.45) is 5.41 Å². The molecule has 3 heteroatoms. The van der Waals surface area contributed by atoms with Crippen LogP contribution in [-0.4, -0.2) is 16.5 Å². The lowest BCUT2D eigenvalue weighted by Crippen LogP contribution is -2.25. The fourth-order valence-corrected chi connectivity index (χ4v) is 4.71. The molecular formula is C17H25NS2. The van der Waals surface area contributed by atoms with Gasteiger partial charge < -0.3 is 4.98 Å². The molecule has 110 valence electrons. The summed E-state index contributed by atoms with van der Waals surface area (Å²) in [5.41, 5.74) is 1.62. The predicted molar refractivity (Wildman–Crippen MR) is 95.1 cm³/mol. The maximum absolute atomic E-state index is 4.64. The Hall–Kier alpha value is -0.540. The van der Waals surface area contributed by atoms with Crippen LogP contribution in [0.25, 0.3) is 10.9 Å². The minimum absolute atomic E-state index is 0.384. The van der Waals surface area contributed by atoms with Crippen LogP contribution in [-0.2, 0) is 0 Å². The minimum atomic E-state index is 0.384. The van der Waals surface area contributed by atoms with Crippen LogP contribution in [0.1, 0.15) is 39.5 Å². The second-order valence-corrected chi connectivity index (χ2v) is 7.00. The van der Waals surface area contributed by atoms with E-state index in [1.54, 1.807) is 0 Å². The fraction of sp³-hybridized carbons (Fsp3) is 0.529. The molecule has 0 fully saturated rings. The van der Waals surface area contributed by atoms with Gasteiger partial charge in [-0.05, 0) is 36.1 Å². The Morgan fingerprint density at radius 1 is 1.15 bits per heavy atom. The molecule has 0 aliphatic carbocycles. The molecule has 0 aliphatic heterocycles. The molecule has 0 aliphatic rings. The van der Waals surface area contributed by atoms with Crippen LogP contribution in [0.3, 0.4) is 0 Å². The van der Waals surface area contributed by atoms with Crippen LogP contribution in [0.2, 0.25) is 0 Å². The number of thioether (sulfide) groups is 1. The Morgan fingerprint density at radius 3 is 2.45 bits per heavy atom. The molecule has 1 N–H and O–H groups in total. The van der Waals surface area contributed by atoms with E-state index >= 15 is 0 Å². The Kier molecular flexibility index (Phi) is 5.91. The summed E-state index contributed by atoms with van der Waals surface area (Å²) in [5, 5.41) is 2.59. The highest BCUT2D eigenvalue weighted by Gasteiger charge is 2.27. The van der Waals surface area contributed by atoms with Gasteiger partial charge in [0.25, 0.3) is 0 Å². The van der Waals surface area contributed by atoms with E-state index in [-0.39, 0.29) is 0 Å². The predicted octanol–water partition coefficient (Wildman–Crippen LogP) is 5.78. The largest absolute Gasteiger partial charge is 0.350 e. The first-order valence-electron chi connectivity index (χ1n) is 7.54. The second kappa shape index (κ2) is 7.46. The molecule has 1 heterocycles. The third-order valence-corrected chi connectivity index (χ3v) is 5.89. The smallest absolute Gasteiger partial charge is 0.0732 e. The lowest BCUT2D eigenvalue weighted by Gasteiger charge is -2.31. The first kappa shape index (κ1) is 15.8. The number of benzene rings is 1. The van der Waals surface area contributed by atoms with E-state index in [1.807, 2.05) is 11.8 Å². The third-order valence-electron chi connectivity index (χ3n) is 3.94. The number of nitrogens with one attached hydrogen (secondary N) is 1. The average Bonchev–Trinajstić information content (AvgIpc) is 2.88. The van der Waals surface area contributed by atoms with E-state index in [4.69, 9.17) is 0 Å². The highest BCUT2D eigenvalue weighted by molar-refractivity contribution is 7.99. The van der Waals surface area contributed by atoms with E-state index < -0.39 is 0 Å². The Labute approximate surface area is 132 Å². The van der Waals surface area contributed by atoms with Crippen LogP contribution in [0.15, 0.2) is 35.4 Å². The number of thiol groups is 1. The van der Waals surface area contributed by atoms with Gasteiger partial charge in [0.15, 0.2) is 0 Å². The van der Waals surface area contributed by atoms with Crippen LogP contribution in [0.5, 0.6) is 0 Å². The molecule has 0 spiro atoms. The number of hydrogen-bond donors (Lipinski definition) is 2. The van der Waals surface area contributed by atoms with Crippen molar-refractivity contribution in [1.29, 1.82) is 0 Å². The van der Waals surface area contributed by atoms with Crippen LogP contribution < -0.4 is 0 Å². The minimum Gasteiger partial charge on any atom is -0.350 e. The number of H-pyrrole nitrogens is 1. The topological polar surface area (TPSA) is 15.8 Å². The van der Waals surface area contributed by atoms with Crippen molar-refractivity contribution in [3.63, 3.8) is 0 Å². The van der Waals surface area contributed by atoms with Gasteiger partial charge in [0, 0.05) is 16.7 Å². The molecule has 0 unspecified atom stereocenters. The molecule has 0 amide bonds. The summed E-state index contributed by atoms with van der Waals surface area (Å²) in [4.78, 5) is 3.51. The molecule has 0 saturated carbocycles. The van der Waals surface area contributed by atoms with Gasteiger partial charge in [0.1, 0.15) is 0 Å².